The molecule has 0 aromatic carbocycles. The van der Waals surface area contributed by atoms with Crippen molar-refractivity contribution in [3.63, 3.8) is 0 Å². The van der Waals surface area contributed by atoms with Crippen LogP contribution in [0, 0.1) is 0 Å². The summed E-state index contributed by atoms with van der Waals surface area (Å²) < 4.78 is 0. The number of rotatable bonds is 5. The molecule has 1 aromatic heterocycles. The van der Waals surface area contributed by atoms with Gasteiger partial charge in [-0.2, -0.15) is 0 Å². The highest BCUT2D eigenvalue weighted by Crippen LogP contribution is 2.14. The Morgan fingerprint density at radius 1 is 1.44 bits per heavy atom. The molecule has 0 saturated carbocycles. The van der Waals surface area contributed by atoms with E-state index >= 15 is 0 Å². The van der Waals surface area contributed by atoms with Gasteiger partial charge in [-0.15, -0.1) is 0 Å². The zero-order valence-corrected chi connectivity index (χ0v) is 10.5. The van der Waals surface area contributed by atoms with E-state index in [2.05, 4.69) is 15.3 Å². The molecule has 16 heavy (non-hydrogen) atoms. The fourth-order valence-corrected chi connectivity index (χ4v) is 1.53. The van der Waals surface area contributed by atoms with Gasteiger partial charge < -0.3 is 16.0 Å². The van der Waals surface area contributed by atoms with Gasteiger partial charge >= 0.3 is 0 Å². The molecular weight excluding hydrogens is 202 g/mol. The Hall–Kier alpha value is -1.36. The summed E-state index contributed by atoms with van der Waals surface area (Å²) in [6.45, 7) is 7.62. The molecule has 5 nitrogen and oxygen atoms in total. The lowest BCUT2D eigenvalue weighted by Crippen LogP contribution is -2.44. The van der Waals surface area contributed by atoms with Crippen molar-refractivity contribution in [3.8, 4) is 0 Å². The van der Waals surface area contributed by atoms with Gasteiger partial charge in [0.2, 0.25) is 0 Å². The van der Waals surface area contributed by atoms with Crippen LogP contribution >= 0.6 is 0 Å². The third-order valence-corrected chi connectivity index (χ3v) is 2.05. The van der Waals surface area contributed by atoms with Crippen molar-refractivity contribution in [1.82, 2.24) is 9.97 Å². The third kappa shape index (κ3) is 4.02. The Morgan fingerprint density at radius 2 is 2.12 bits per heavy atom. The maximum Gasteiger partial charge on any atom is 0.133 e. The summed E-state index contributed by atoms with van der Waals surface area (Å²) in [6, 6.07) is 1.93. The monoisotopic (exact) mass is 223 g/mol. The second kappa shape index (κ2) is 5.12. The Morgan fingerprint density at radius 3 is 2.69 bits per heavy atom. The first kappa shape index (κ1) is 12.7. The Labute approximate surface area is 97.1 Å². The van der Waals surface area contributed by atoms with Gasteiger partial charge in [0.25, 0.3) is 0 Å². The van der Waals surface area contributed by atoms with E-state index in [9.17, 15) is 0 Å². The van der Waals surface area contributed by atoms with Crippen LogP contribution in [0.2, 0.25) is 0 Å². The minimum absolute atomic E-state index is 0.238. The van der Waals surface area contributed by atoms with Gasteiger partial charge in [0.15, 0.2) is 0 Å². The summed E-state index contributed by atoms with van der Waals surface area (Å²) in [5, 5.41) is 3.16. The smallest absolute Gasteiger partial charge is 0.133 e. The predicted molar refractivity (Wildman–Crippen MR) is 67.7 cm³/mol. The van der Waals surface area contributed by atoms with E-state index in [0.29, 0.717) is 0 Å². The fourth-order valence-electron chi connectivity index (χ4n) is 1.53. The van der Waals surface area contributed by atoms with Crippen molar-refractivity contribution in [2.45, 2.75) is 26.3 Å². The van der Waals surface area contributed by atoms with Crippen LogP contribution in [-0.2, 0) is 0 Å². The van der Waals surface area contributed by atoms with Gasteiger partial charge in [-0.05, 0) is 20.8 Å². The Kier molecular flexibility index (Phi) is 4.06. The molecule has 1 heterocycles. The summed E-state index contributed by atoms with van der Waals surface area (Å²) >= 11 is 0. The van der Waals surface area contributed by atoms with Crippen LogP contribution in [0.15, 0.2) is 12.4 Å². The number of nitrogens with two attached hydrogens (primary N) is 1. The molecule has 0 atom stereocenters. The van der Waals surface area contributed by atoms with Crippen LogP contribution in [0.3, 0.4) is 0 Å². The van der Waals surface area contributed by atoms with Crippen molar-refractivity contribution in [2.75, 3.05) is 30.4 Å². The van der Waals surface area contributed by atoms with Crippen molar-refractivity contribution in [1.29, 1.82) is 0 Å². The number of likely N-dealkylation sites (N-methyl/N-ethyl adjacent to an activating group) is 1. The first-order chi connectivity index (χ1) is 7.42. The lowest BCUT2D eigenvalue weighted by atomic mass is 10.1. The third-order valence-electron chi connectivity index (χ3n) is 2.05. The quantitative estimate of drug-likeness (QED) is 0.782. The molecule has 0 bridgehead atoms. The van der Waals surface area contributed by atoms with Crippen LogP contribution in [0.25, 0.3) is 0 Å². The van der Waals surface area contributed by atoms with Gasteiger partial charge in [-0.1, -0.05) is 0 Å². The minimum Gasteiger partial charge on any atom is -0.370 e. The topological polar surface area (TPSA) is 67.1 Å². The van der Waals surface area contributed by atoms with E-state index in [4.69, 9.17) is 5.73 Å². The molecule has 0 aliphatic heterocycles. The van der Waals surface area contributed by atoms with Crippen molar-refractivity contribution < 1.29 is 0 Å². The van der Waals surface area contributed by atoms with Crippen LogP contribution < -0.4 is 16.0 Å². The zero-order chi connectivity index (χ0) is 12.2. The second-order valence-electron chi connectivity index (χ2n) is 4.64. The van der Waals surface area contributed by atoms with Crippen LogP contribution in [0.1, 0.15) is 20.8 Å². The van der Waals surface area contributed by atoms with Crippen LogP contribution in [0.4, 0.5) is 11.6 Å². The summed E-state index contributed by atoms with van der Waals surface area (Å²) in [5.74, 6) is 1.72. The molecule has 90 valence electrons. The normalized spacial score (nSPS) is 11.3. The lowest BCUT2D eigenvalue weighted by Gasteiger charge is -2.27. The molecule has 0 spiro atoms. The number of hydrogen-bond donors (Lipinski definition) is 2. The minimum atomic E-state index is -0.238. The molecule has 0 amide bonds. The lowest BCUT2D eigenvalue weighted by molar-refractivity contribution is 0.517. The predicted octanol–water partition coefficient (Wildman–Crippen LogP) is 1.08. The number of aromatic nitrogens is 2. The second-order valence-corrected chi connectivity index (χ2v) is 4.64. The molecule has 3 N–H and O–H groups in total. The molecule has 0 aliphatic carbocycles. The number of nitrogens with one attached hydrogen (secondary N) is 1. The van der Waals surface area contributed by atoms with E-state index in [-0.39, 0.29) is 5.54 Å². The molecule has 1 aromatic rings. The van der Waals surface area contributed by atoms with E-state index in [1.807, 2.05) is 38.8 Å². The summed E-state index contributed by atoms with van der Waals surface area (Å²) in [4.78, 5) is 10.4. The number of hydrogen-bond acceptors (Lipinski definition) is 5. The average Bonchev–Trinajstić information content (AvgIpc) is 2.16. The SMILES string of the molecule is CCNc1cc(N(C)CC(C)(C)N)ncn1. The molecule has 0 aliphatic rings. The van der Waals surface area contributed by atoms with Crippen LogP contribution in [-0.4, -0.2) is 35.6 Å². The van der Waals surface area contributed by atoms with E-state index in [1.165, 1.54) is 0 Å². The van der Waals surface area contributed by atoms with Gasteiger partial charge in [0, 0.05) is 31.7 Å². The summed E-state index contributed by atoms with van der Waals surface area (Å²) in [6.07, 6.45) is 1.56. The Bertz CT molecular complexity index is 331. The first-order valence-corrected chi connectivity index (χ1v) is 5.48. The molecule has 1 rings (SSSR count). The molecule has 0 radical (unpaired) electrons. The van der Waals surface area contributed by atoms with E-state index < -0.39 is 0 Å². The average molecular weight is 223 g/mol. The molecule has 0 saturated heterocycles. The highest BCUT2D eigenvalue weighted by molar-refractivity contribution is 5.48. The van der Waals surface area contributed by atoms with Crippen molar-refractivity contribution in [2.24, 2.45) is 5.73 Å². The van der Waals surface area contributed by atoms with E-state index in [1.54, 1.807) is 6.33 Å². The number of anilines is 2. The van der Waals surface area contributed by atoms with Gasteiger partial charge in [0.1, 0.15) is 18.0 Å². The zero-order valence-electron chi connectivity index (χ0n) is 10.5. The largest absolute Gasteiger partial charge is 0.370 e. The Balaban J connectivity index is 2.75. The highest BCUT2D eigenvalue weighted by Gasteiger charge is 2.15. The first-order valence-electron chi connectivity index (χ1n) is 5.48. The highest BCUT2D eigenvalue weighted by atomic mass is 15.2. The fraction of sp³-hybridized carbons (Fsp3) is 0.636. The maximum absolute atomic E-state index is 5.97. The molecule has 0 unspecified atom stereocenters. The van der Waals surface area contributed by atoms with Gasteiger partial charge in [0.05, 0.1) is 0 Å². The van der Waals surface area contributed by atoms with Gasteiger partial charge in [-0.3, -0.25) is 0 Å². The number of nitrogens with zero attached hydrogens (tertiary/aromatic N) is 3. The van der Waals surface area contributed by atoms with Crippen LogP contribution in [0.5, 0.6) is 0 Å². The summed E-state index contributed by atoms with van der Waals surface area (Å²) in [5.41, 5.74) is 5.73. The summed E-state index contributed by atoms with van der Waals surface area (Å²) in [7, 11) is 1.98. The standard InChI is InChI=1S/C11H21N5/c1-5-13-9-6-10(15-8-14-9)16(4)7-11(2,3)12/h6,8H,5,7,12H2,1-4H3,(H,13,14,15). The van der Waals surface area contributed by atoms with Crippen molar-refractivity contribution >= 4 is 11.6 Å². The molecule has 5 heteroatoms. The maximum atomic E-state index is 5.97. The molecular formula is C11H21N5. The van der Waals surface area contributed by atoms with E-state index in [0.717, 1.165) is 24.7 Å². The van der Waals surface area contributed by atoms with Gasteiger partial charge in [-0.25, -0.2) is 9.97 Å². The molecule has 0 fully saturated rings. The van der Waals surface area contributed by atoms with Crippen molar-refractivity contribution in [3.05, 3.63) is 12.4 Å².